The Balaban J connectivity index is 1.41. The maximum atomic E-state index is 5.55. The second kappa shape index (κ2) is 10.2. The van der Waals surface area contributed by atoms with E-state index in [9.17, 15) is 0 Å². The van der Waals surface area contributed by atoms with Crippen LogP contribution in [-0.4, -0.2) is 73.8 Å². The number of hydrogen-bond acceptors (Lipinski definition) is 4. The van der Waals surface area contributed by atoms with E-state index in [1.165, 1.54) is 58.0 Å². The van der Waals surface area contributed by atoms with Crippen molar-refractivity contribution in [3.8, 4) is 0 Å². The van der Waals surface area contributed by atoms with E-state index in [0.29, 0.717) is 10.8 Å². The zero-order valence-corrected chi connectivity index (χ0v) is 17.6. The second-order valence-corrected chi connectivity index (χ2v) is 9.45. The first-order valence-electron chi connectivity index (χ1n) is 10.6. The average molecular weight is 383 g/mol. The molecule has 3 rings (SSSR count). The highest BCUT2D eigenvalue weighted by Gasteiger charge is 2.32. The molecule has 0 amide bonds. The molecule has 1 aliphatic carbocycles. The van der Waals surface area contributed by atoms with Crippen molar-refractivity contribution >= 4 is 17.7 Å². The molecule has 5 nitrogen and oxygen atoms in total. The summed E-state index contributed by atoms with van der Waals surface area (Å²) in [6, 6.07) is 1.41. The number of guanidine groups is 1. The van der Waals surface area contributed by atoms with Crippen LogP contribution in [0.2, 0.25) is 0 Å². The standard InChI is InChI=1S/C20H38N4OS/c1-21-19(22-16-20(26-2)10-14-25-15-11-20)23-17-8-12-24(13-9-17)18-6-4-3-5-7-18/h17-18H,3-16H2,1-2H3,(H2,21,22,23). The molecule has 6 heteroatoms. The van der Waals surface area contributed by atoms with Crippen LogP contribution in [0, 0.1) is 0 Å². The molecular formula is C20H38N4OS. The second-order valence-electron chi connectivity index (χ2n) is 8.17. The lowest BCUT2D eigenvalue weighted by Crippen LogP contribution is -2.53. The number of nitrogens with one attached hydrogen (secondary N) is 2. The number of thioether (sulfide) groups is 1. The maximum absolute atomic E-state index is 5.55. The number of rotatable bonds is 5. The molecule has 0 aromatic rings. The Morgan fingerprint density at radius 3 is 2.42 bits per heavy atom. The van der Waals surface area contributed by atoms with E-state index in [4.69, 9.17) is 4.74 Å². The fourth-order valence-corrected chi connectivity index (χ4v) is 5.48. The minimum Gasteiger partial charge on any atom is -0.381 e. The van der Waals surface area contributed by atoms with Crippen LogP contribution >= 0.6 is 11.8 Å². The summed E-state index contributed by atoms with van der Waals surface area (Å²) in [5.74, 6) is 0.973. The van der Waals surface area contributed by atoms with Gasteiger partial charge in [0.15, 0.2) is 5.96 Å². The Kier molecular flexibility index (Phi) is 7.94. The number of aliphatic imine (C=N–C) groups is 1. The Morgan fingerprint density at radius 2 is 1.81 bits per heavy atom. The molecule has 1 saturated carbocycles. The van der Waals surface area contributed by atoms with Crippen molar-refractivity contribution in [1.82, 2.24) is 15.5 Å². The van der Waals surface area contributed by atoms with Gasteiger partial charge in [0, 0.05) is 56.7 Å². The van der Waals surface area contributed by atoms with E-state index in [1.54, 1.807) is 0 Å². The van der Waals surface area contributed by atoms with E-state index in [1.807, 2.05) is 18.8 Å². The number of piperidine rings is 1. The highest BCUT2D eigenvalue weighted by atomic mass is 32.2. The molecule has 3 aliphatic rings. The predicted octanol–water partition coefficient (Wildman–Crippen LogP) is 2.86. The van der Waals surface area contributed by atoms with E-state index >= 15 is 0 Å². The Labute approximate surface area is 164 Å². The molecule has 3 fully saturated rings. The van der Waals surface area contributed by atoms with Crippen molar-refractivity contribution in [3.05, 3.63) is 0 Å². The lowest BCUT2D eigenvalue weighted by molar-refractivity contribution is 0.0782. The van der Waals surface area contributed by atoms with Gasteiger partial charge < -0.3 is 20.3 Å². The molecular weight excluding hydrogens is 344 g/mol. The predicted molar refractivity (Wildman–Crippen MR) is 112 cm³/mol. The first kappa shape index (κ1) is 20.3. The van der Waals surface area contributed by atoms with E-state index in [0.717, 1.165) is 44.6 Å². The van der Waals surface area contributed by atoms with Gasteiger partial charge in [-0.2, -0.15) is 11.8 Å². The summed E-state index contributed by atoms with van der Waals surface area (Å²) in [5.41, 5.74) is 0. The van der Waals surface area contributed by atoms with Gasteiger partial charge in [0.25, 0.3) is 0 Å². The van der Waals surface area contributed by atoms with E-state index < -0.39 is 0 Å². The van der Waals surface area contributed by atoms with Crippen molar-refractivity contribution in [2.24, 2.45) is 4.99 Å². The molecule has 2 heterocycles. The third kappa shape index (κ3) is 5.52. The number of nitrogens with zero attached hydrogens (tertiary/aromatic N) is 2. The highest BCUT2D eigenvalue weighted by molar-refractivity contribution is 8.00. The van der Waals surface area contributed by atoms with Crippen LogP contribution in [0.5, 0.6) is 0 Å². The smallest absolute Gasteiger partial charge is 0.191 e. The molecule has 0 unspecified atom stereocenters. The summed E-state index contributed by atoms with van der Waals surface area (Å²) in [6.45, 7) is 5.22. The van der Waals surface area contributed by atoms with Crippen LogP contribution < -0.4 is 10.6 Å². The van der Waals surface area contributed by atoms with Gasteiger partial charge in [-0.3, -0.25) is 4.99 Å². The summed E-state index contributed by atoms with van der Waals surface area (Å²) in [5, 5.41) is 7.28. The van der Waals surface area contributed by atoms with Gasteiger partial charge >= 0.3 is 0 Å². The molecule has 0 spiro atoms. The van der Waals surface area contributed by atoms with Gasteiger partial charge in [0.05, 0.1) is 0 Å². The van der Waals surface area contributed by atoms with Crippen molar-refractivity contribution in [3.63, 3.8) is 0 Å². The van der Waals surface area contributed by atoms with Crippen LogP contribution in [0.15, 0.2) is 4.99 Å². The molecule has 2 saturated heterocycles. The van der Waals surface area contributed by atoms with Crippen LogP contribution in [0.1, 0.15) is 57.8 Å². The first-order chi connectivity index (χ1) is 12.7. The third-order valence-corrected chi connectivity index (χ3v) is 8.02. The summed E-state index contributed by atoms with van der Waals surface area (Å²) in [6.07, 6.45) is 14.1. The molecule has 0 aromatic heterocycles. The summed E-state index contributed by atoms with van der Waals surface area (Å²) in [7, 11) is 1.89. The average Bonchev–Trinajstić information content (AvgIpc) is 2.73. The van der Waals surface area contributed by atoms with Crippen molar-refractivity contribution in [2.45, 2.75) is 74.6 Å². The molecule has 2 N–H and O–H groups in total. The van der Waals surface area contributed by atoms with Gasteiger partial charge in [-0.05, 0) is 44.8 Å². The number of hydrogen-bond donors (Lipinski definition) is 2. The third-order valence-electron chi connectivity index (χ3n) is 6.60. The van der Waals surface area contributed by atoms with Crippen LogP contribution in [0.4, 0.5) is 0 Å². The van der Waals surface area contributed by atoms with Crippen LogP contribution in [0.3, 0.4) is 0 Å². The van der Waals surface area contributed by atoms with Crippen molar-refractivity contribution in [1.29, 1.82) is 0 Å². The monoisotopic (exact) mass is 382 g/mol. The van der Waals surface area contributed by atoms with Gasteiger partial charge in [0.1, 0.15) is 0 Å². The molecule has 0 aromatic carbocycles. The quantitative estimate of drug-likeness (QED) is 0.566. The van der Waals surface area contributed by atoms with Crippen molar-refractivity contribution in [2.75, 3.05) is 46.2 Å². The number of ether oxygens (including phenoxy) is 1. The number of likely N-dealkylation sites (tertiary alicyclic amines) is 1. The van der Waals surface area contributed by atoms with E-state index in [-0.39, 0.29) is 0 Å². The van der Waals surface area contributed by atoms with Gasteiger partial charge in [-0.15, -0.1) is 0 Å². The minimum absolute atomic E-state index is 0.292. The van der Waals surface area contributed by atoms with Gasteiger partial charge in [0.2, 0.25) is 0 Å². The summed E-state index contributed by atoms with van der Waals surface area (Å²) in [4.78, 5) is 7.23. The molecule has 0 bridgehead atoms. The fraction of sp³-hybridized carbons (Fsp3) is 0.950. The normalized spacial score (nSPS) is 26.6. The molecule has 2 aliphatic heterocycles. The fourth-order valence-electron chi connectivity index (χ4n) is 4.68. The lowest BCUT2D eigenvalue weighted by atomic mass is 9.92. The summed E-state index contributed by atoms with van der Waals surface area (Å²) < 4.78 is 5.84. The topological polar surface area (TPSA) is 48.9 Å². The molecule has 26 heavy (non-hydrogen) atoms. The zero-order valence-electron chi connectivity index (χ0n) is 16.8. The maximum Gasteiger partial charge on any atom is 0.191 e. The first-order valence-corrected chi connectivity index (χ1v) is 11.8. The Hall–Kier alpha value is -0.460. The highest BCUT2D eigenvalue weighted by Crippen LogP contribution is 2.33. The SMILES string of the molecule is CN=C(NCC1(SC)CCOCC1)NC1CCN(C2CCCCC2)CC1. The molecule has 0 radical (unpaired) electrons. The zero-order chi connectivity index (χ0) is 18.2. The Morgan fingerprint density at radius 1 is 1.12 bits per heavy atom. The van der Waals surface area contributed by atoms with Crippen LogP contribution in [-0.2, 0) is 4.74 Å². The molecule has 0 atom stereocenters. The largest absolute Gasteiger partial charge is 0.381 e. The lowest BCUT2D eigenvalue weighted by Gasteiger charge is -2.40. The van der Waals surface area contributed by atoms with Gasteiger partial charge in [-0.1, -0.05) is 19.3 Å². The van der Waals surface area contributed by atoms with Crippen LogP contribution in [0.25, 0.3) is 0 Å². The van der Waals surface area contributed by atoms with Gasteiger partial charge in [-0.25, -0.2) is 0 Å². The molecule has 150 valence electrons. The minimum atomic E-state index is 0.292. The van der Waals surface area contributed by atoms with Crippen molar-refractivity contribution < 1.29 is 4.74 Å². The van der Waals surface area contributed by atoms with E-state index in [2.05, 4.69) is 26.8 Å². The summed E-state index contributed by atoms with van der Waals surface area (Å²) >= 11 is 1.98. The Bertz CT molecular complexity index is 439.